The maximum absolute atomic E-state index is 6.52. The van der Waals surface area contributed by atoms with Gasteiger partial charge < -0.3 is 14.4 Å². The molecule has 0 saturated carbocycles. The van der Waals surface area contributed by atoms with Crippen molar-refractivity contribution in [3.63, 3.8) is 0 Å². The summed E-state index contributed by atoms with van der Waals surface area (Å²) in [5.41, 5.74) is 6.20. The lowest BCUT2D eigenvalue weighted by Gasteiger charge is -2.29. The molecule has 7 rings (SSSR count). The van der Waals surface area contributed by atoms with Gasteiger partial charge in [-0.05, 0) is 85.0 Å². The summed E-state index contributed by atoms with van der Waals surface area (Å²) >= 11 is 0. The first kappa shape index (κ1) is 27.4. The van der Waals surface area contributed by atoms with E-state index in [-0.39, 0.29) is 0 Å². The lowest BCUT2D eigenvalue weighted by atomic mass is 10.0. The van der Waals surface area contributed by atoms with E-state index in [4.69, 9.17) is 14.5 Å². The number of pyridine rings is 1. The third-order valence-corrected chi connectivity index (χ3v) is 7.85. The standard InChI is InChI=1S/C38H34N4O2/c1-40-20-21-42(28-40)32-11-9-15-36(26-32)44-37-24-31(22-33(27-37)41-18-6-3-7-19-41)38-25-30(16-17-39-38)29-10-8-14-35(23-29)43-34-12-4-2-5-13-34/h2,4-5,8-17,20-27H,3,6-7,18-19H2,1H3/q+2. The van der Waals surface area contributed by atoms with Gasteiger partial charge in [0.1, 0.15) is 23.0 Å². The quantitative estimate of drug-likeness (QED) is 0.172. The minimum absolute atomic E-state index is 0.769. The molecule has 44 heavy (non-hydrogen) atoms. The Balaban J connectivity index is 1.22. The summed E-state index contributed by atoms with van der Waals surface area (Å²) in [5, 5.41) is 0. The highest BCUT2D eigenvalue weighted by Gasteiger charge is 2.18. The van der Waals surface area contributed by atoms with Gasteiger partial charge >= 0.3 is 6.01 Å². The average Bonchev–Trinajstić information content (AvgIpc) is 3.52. The van der Waals surface area contributed by atoms with Gasteiger partial charge in [0.2, 0.25) is 11.9 Å². The number of para-hydroxylation sites is 1. The molecule has 0 amide bonds. The number of ether oxygens (including phenoxy) is 2. The number of aromatic nitrogens is 1. The van der Waals surface area contributed by atoms with E-state index < -0.39 is 0 Å². The monoisotopic (exact) mass is 578 g/mol. The highest BCUT2D eigenvalue weighted by molar-refractivity contribution is 5.74. The highest BCUT2D eigenvalue weighted by Crippen LogP contribution is 2.36. The van der Waals surface area contributed by atoms with E-state index in [1.165, 1.54) is 19.3 Å². The molecule has 6 heteroatoms. The van der Waals surface area contributed by atoms with E-state index in [0.29, 0.717) is 0 Å². The Morgan fingerprint density at radius 2 is 1.36 bits per heavy atom. The molecule has 2 aliphatic rings. The van der Waals surface area contributed by atoms with Crippen molar-refractivity contribution in [1.82, 2.24) is 4.98 Å². The molecule has 2 aliphatic heterocycles. The van der Waals surface area contributed by atoms with Gasteiger partial charge in [0.25, 0.3) is 6.20 Å². The van der Waals surface area contributed by atoms with Crippen LogP contribution >= 0.6 is 0 Å². The molecule has 5 aromatic rings. The molecule has 0 atom stereocenters. The van der Waals surface area contributed by atoms with Crippen molar-refractivity contribution >= 4 is 17.4 Å². The Morgan fingerprint density at radius 1 is 0.636 bits per heavy atom. The Kier molecular flexibility index (Phi) is 7.73. The number of hydrogen-bond donors (Lipinski definition) is 0. The summed E-state index contributed by atoms with van der Waals surface area (Å²) in [6, 6.07) is 40.0. The largest absolute Gasteiger partial charge is 0.495 e. The first-order chi connectivity index (χ1) is 21.7. The van der Waals surface area contributed by atoms with Crippen LogP contribution in [0.15, 0.2) is 128 Å². The van der Waals surface area contributed by atoms with Gasteiger partial charge in [0.15, 0.2) is 7.05 Å². The van der Waals surface area contributed by atoms with Gasteiger partial charge in [-0.25, -0.2) is 0 Å². The number of benzene rings is 4. The summed E-state index contributed by atoms with van der Waals surface area (Å²) < 4.78 is 16.5. The smallest absolute Gasteiger partial charge is 0.457 e. The average molecular weight is 579 g/mol. The number of anilines is 1. The van der Waals surface area contributed by atoms with Crippen molar-refractivity contribution in [2.24, 2.45) is 0 Å². The van der Waals surface area contributed by atoms with Crippen molar-refractivity contribution in [2.45, 2.75) is 19.3 Å². The fourth-order valence-electron chi connectivity index (χ4n) is 5.64. The van der Waals surface area contributed by atoms with Crippen molar-refractivity contribution in [3.8, 4) is 45.4 Å². The zero-order valence-corrected chi connectivity index (χ0v) is 24.8. The van der Waals surface area contributed by atoms with Crippen LogP contribution in [-0.4, -0.2) is 40.3 Å². The minimum atomic E-state index is 0.769. The topological polar surface area (TPSA) is 40.6 Å². The zero-order valence-electron chi connectivity index (χ0n) is 24.8. The molecule has 0 N–H and O–H groups in total. The summed E-state index contributed by atoms with van der Waals surface area (Å²) in [5.74, 6) is 3.16. The molecule has 4 aromatic carbocycles. The molecule has 0 aliphatic carbocycles. The molecule has 1 aromatic heterocycles. The van der Waals surface area contributed by atoms with Crippen LogP contribution in [0.4, 0.5) is 11.4 Å². The van der Waals surface area contributed by atoms with Gasteiger partial charge in [0, 0.05) is 42.7 Å². The second kappa shape index (κ2) is 12.4. The molecule has 6 nitrogen and oxygen atoms in total. The van der Waals surface area contributed by atoms with E-state index in [1.54, 1.807) is 0 Å². The maximum Gasteiger partial charge on any atom is 0.495 e. The second-order valence-corrected chi connectivity index (χ2v) is 11.1. The van der Waals surface area contributed by atoms with Crippen molar-refractivity contribution in [2.75, 3.05) is 25.0 Å². The fraction of sp³-hybridized carbons (Fsp3) is 0.158. The summed E-state index contributed by atoms with van der Waals surface area (Å²) in [4.78, 5) is 7.26. The number of hydrogen-bond acceptors (Lipinski definition) is 4. The van der Waals surface area contributed by atoms with Crippen molar-refractivity contribution < 1.29 is 18.6 Å². The molecular formula is C38H34N4O2+2. The second-order valence-electron chi connectivity index (χ2n) is 11.1. The maximum atomic E-state index is 6.52. The summed E-state index contributed by atoms with van der Waals surface area (Å²) in [6.45, 7) is 2.08. The van der Waals surface area contributed by atoms with Crippen LogP contribution in [0.25, 0.3) is 22.4 Å². The molecule has 0 spiro atoms. The Morgan fingerprint density at radius 3 is 2.18 bits per heavy atom. The molecule has 0 radical (unpaired) electrons. The van der Waals surface area contributed by atoms with Crippen molar-refractivity contribution in [3.05, 3.63) is 128 Å². The Labute approximate surface area is 258 Å². The summed E-state index contributed by atoms with van der Waals surface area (Å²) in [6.07, 6.45) is 9.49. The molecule has 1 saturated heterocycles. The summed E-state index contributed by atoms with van der Waals surface area (Å²) in [7, 11) is 1.96. The SMILES string of the molecule is C[N+]1=C=[N+](c2cccc(Oc3cc(-c4cc(-c5cccc(Oc6ccccc6)c5)ccn4)cc(N4CCCCC4)c3)c2)C=C1. The zero-order chi connectivity index (χ0) is 29.7. The Hall–Kier alpha value is -5.45. The van der Waals surface area contributed by atoms with E-state index >= 15 is 0 Å². The van der Waals surface area contributed by atoms with Gasteiger partial charge in [-0.2, -0.15) is 0 Å². The first-order valence-corrected chi connectivity index (χ1v) is 15.1. The first-order valence-electron chi connectivity index (χ1n) is 15.1. The third-order valence-electron chi connectivity index (χ3n) is 7.85. The van der Waals surface area contributed by atoms with Crippen LogP contribution in [0.3, 0.4) is 0 Å². The van der Waals surface area contributed by atoms with Crippen LogP contribution < -0.4 is 14.4 Å². The van der Waals surface area contributed by atoms with E-state index in [1.807, 2.05) is 108 Å². The molecule has 0 bridgehead atoms. The van der Waals surface area contributed by atoms with Crippen LogP contribution in [0.1, 0.15) is 19.3 Å². The van der Waals surface area contributed by atoms with Crippen molar-refractivity contribution in [1.29, 1.82) is 0 Å². The van der Waals surface area contributed by atoms with Gasteiger partial charge in [0.05, 0.1) is 11.8 Å². The number of piperidine rings is 1. The molecule has 216 valence electrons. The third kappa shape index (κ3) is 6.31. The molecule has 3 heterocycles. The van der Waals surface area contributed by atoms with E-state index in [0.717, 1.165) is 69.8 Å². The van der Waals surface area contributed by atoms with Crippen LogP contribution in [0.5, 0.6) is 23.0 Å². The molecule has 0 unspecified atom stereocenters. The number of rotatable bonds is 8. The van der Waals surface area contributed by atoms with Crippen LogP contribution in [0.2, 0.25) is 0 Å². The van der Waals surface area contributed by atoms with Gasteiger partial charge in [-0.15, -0.1) is 0 Å². The normalized spacial score (nSPS) is 14.2. The predicted molar refractivity (Wildman–Crippen MR) is 174 cm³/mol. The highest BCUT2D eigenvalue weighted by atomic mass is 16.5. The lowest BCUT2D eigenvalue weighted by molar-refractivity contribution is -0.429. The van der Waals surface area contributed by atoms with E-state index in [2.05, 4.69) is 47.3 Å². The van der Waals surface area contributed by atoms with Crippen LogP contribution in [-0.2, 0) is 0 Å². The van der Waals surface area contributed by atoms with E-state index in [9.17, 15) is 0 Å². The van der Waals surface area contributed by atoms with Crippen LogP contribution in [0, 0.1) is 0 Å². The number of nitrogens with zero attached hydrogens (tertiary/aromatic N) is 4. The molecule has 1 fully saturated rings. The predicted octanol–water partition coefficient (Wildman–Crippen LogP) is 8.94. The Bertz CT molecular complexity index is 1900. The lowest BCUT2D eigenvalue weighted by Crippen LogP contribution is -2.29. The fourth-order valence-corrected chi connectivity index (χ4v) is 5.64. The molecular weight excluding hydrogens is 544 g/mol. The van der Waals surface area contributed by atoms with Gasteiger partial charge in [-0.1, -0.05) is 45.5 Å². The minimum Gasteiger partial charge on any atom is -0.457 e. The van der Waals surface area contributed by atoms with Gasteiger partial charge in [-0.3, -0.25) is 4.98 Å².